The Labute approximate surface area is 200 Å². The second-order valence-corrected chi connectivity index (χ2v) is 11.7. The summed E-state index contributed by atoms with van der Waals surface area (Å²) in [5.74, 6) is 0. The van der Waals surface area contributed by atoms with Crippen LogP contribution < -0.4 is 0 Å². The van der Waals surface area contributed by atoms with Crippen molar-refractivity contribution in [2.45, 2.75) is 78.8 Å². The minimum absolute atomic E-state index is 0.0834. The van der Waals surface area contributed by atoms with Crippen LogP contribution in [0.3, 0.4) is 0 Å². The van der Waals surface area contributed by atoms with Crippen molar-refractivity contribution in [1.29, 1.82) is 0 Å². The summed E-state index contributed by atoms with van der Waals surface area (Å²) >= 11 is 1.93. The number of nitrogens with zero attached hydrogens (tertiary/aromatic N) is 1. The Balaban J connectivity index is 2.03. The van der Waals surface area contributed by atoms with Crippen molar-refractivity contribution in [3.05, 3.63) is 81.9 Å². The smallest absolute Gasteiger partial charge is 0.0858 e. The summed E-state index contributed by atoms with van der Waals surface area (Å²) in [7, 11) is 0. The summed E-state index contributed by atoms with van der Waals surface area (Å²) in [5.41, 5.74) is 8.97. The highest BCUT2D eigenvalue weighted by Crippen LogP contribution is 2.54. The lowest BCUT2D eigenvalue weighted by Crippen LogP contribution is -2.52. The van der Waals surface area contributed by atoms with Crippen molar-refractivity contribution in [1.82, 2.24) is 4.90 Å². The van der Waals surface area contributed by atoms with Crippen LogP contribution in [-0.4, -0.2) is 17.2 Å². The fraction of sp³-hybridized carbons (Fsp3) is 0.467. The molecule has 0 amide bonds. The predicted molar refractivity (Wildman–Crippen MR) is 142 cm³/mol. The number of hydrogen-bond acceptors (Lipinski definition) is 2. The molecule has 2 heteroatoms. The molecule has 0 fully saturated rings. The molecule has 0 radical (unpaired) electrons. The number of allylic oxidation sites excluding steroid dienone is 2. The summed E-state index contributed by atoms with van der Waals surface area (Å²) in [6.07, 6.45) is 9.42. The largest absolute Gasteiger partial charge is 0.362 e. The average molecular weight is 446 g/mol. The van der Waals surface area contributed by atoms with Crippen molar-refractivity contribution in [2.24, 2.45) is 5.41 Å². The topological polar surface area (TPSA) is 3.24 Å². The Morgan fingerprint density at radius 1 is 1.00 bits per heavy atom. The highest BCUT2D eigenvalue weighted by Gasteiger charge is 2.47. The molecule has 0 aromatic heterocycles. The molecule has 0 bridgehead atoms. The molecule has 1 nitrogen and oxygen atoms in total. The molecule has 0 aliphatic carbocycles. The molecular formula is C30H39NS. The van der Waals surface area contributed by atoms with Gasteiger partial charge in [0.25, 0.3) is 0 Å². The Kier molecular flexibility index (Phi) is 6.13. The minimum atomic E-state index is 0.0834. The SMILES string of the molecule is CCc1c(-c2ccccc2)ccc2c1C1C(SC)=CC(C(C)(C)C)=CN1C(CC)C2(C)C. The van der Waals surface area contributed by atoms with Crippen LogP contribution in [0, 0.1) is 5.41 Å². The van der Waals surface area contributed by atoms with E-state index < -0.39 is 0 Å². The van der Waals surface area contributed by atoms with E-state index in [-0.39, 0.29) is 10.8 Å². The average Bonchev–Trinajstić information content (AvgIpc) is 2.77. The molecule has 0 N–H and O–H groups in total. The highest BCUT2D eigenvalue weighted by atomic mass is 32.2. The van der Waals surface area contributed by atoms with Gasteiger partial charge in [-0.05, 0) is 64.0 Å². The van der Waals surface area contributed by atoms with Crippen LogP contribution in [0.2, 0.25) is 0 Å². The number of hydrogen-bond donors (Lipinski definition) is 0. The van der Waals surface area contributed by atoms with Crippen molar-refractivity contribution >= 4 is 11.8 Å². The number of rotatable bonds is 4. The van der Waals surface area contributed by atoms with Crippen LogP contribution in [-0.2, 0) is 11.8 Å². The summed E-state index contributed by atoms with van der Waals surface area (Å²) in [4.78, 5) is 4.20. The molecule has 2 aliphatic heterocycles. The first-order chi connectivity index (χ1) is 15.1. The van der Waals surface area contributed by atoms with E-state index in [0.29, 0.717) is 12.1 Å². The summed E-state index contributed by atoms with van der Waals surface area (Å²) in [5, 5.41) is 0. The van der Waals surface area contributed by atoms with E-state index in [1.165, 1.54) is 32.7 Å². The first-order valence-electron chi connectivity index (χ1n) is 12.1. The van der Waals surface area contributed by atoms with Crippen LogP contribution in [0.1, 0.15) is 77.6 Å². The Morgan fingerprint density at radius 3 is 2.25 bits per heavy atom. The highest BCUT2D eigenvalue weighted by molar-refractivity contribution is 8.02. The van der Waals surface area contributed by atoms with E-state index in [1.54, 1.807) is 5.56 Å². The first kappa shape index (κ1) is 23.2. The van der Waals surface area contributed by atoms with Crippen molar-refractivity contribution < 1.29 is 0 Å². The fourth-order valence-electron chi connectivity index (χ4n) is 5.87. The van der Waals surface area contributed by atoms with Gasteiger partial charge < -0.3 is 4.90 Å². The van der Waals surface area contributed by atoms with Crippen LogP contribution in [0.5, 0.6) is 0 Å². The monoisotopic (exact) mass is 445 g/mol. The van der Waals surface area contributed by atoms with Gasteiger partial charge in [0.15, 0.2) is 0 Å². The zero-order chi connectivity index (χ0) is 23.3. The van der Waals surface area contributed by atoms with E-state index in [2.05, 4.69) is 114 Å². The van der Waals surface area contributed by atoms with Crippen molar-refractivity contribution in [3.63, 3.8) is 0 Å². The zero-order valence-corrected chi connectivity index (χ0v) is 21.9. The predicted octanol–water partition coefficient (Wildman–Crippen LogP) is 8.52. The third kappa shape index (κ3) is 3.65. The molecule has 2 aliphatic rings. The maximum atomic E-state index is 2.72. The standard InChI is InChI=1S/C30H39NS/c1-9-22-23(20-14-12-11-13-15-20)16-17-24-27(22)28-25(32-8)18-21(29(3,4)5)19-31(28)26(10-2)30(24,6)7/h11-19,26,28H,9-10H2,1-8H3. The minimum Gasteiger partial charge on any atom is -0.362 e. The Bertz CT molecular complexity index is 1050. The molecule has 0 saturated heterocycles. The molecule has 170 valence electrons. The van der Waals surface area contributed by atoms with Crippen LogP contribution in [0.15, 0.2) is 65.2 Å². The quantitative estimate of drug-likeness (QED) is 0.464. The molecule has 32 heavy (non-hydrogen) atoms. The van der Waals surface area contributed by atoms with Crippen LogP contribution in [0.25, 0.3) is 11.1 Å². The summed E-state index contributed by atoms with van der Waals surface area (Å²) in [6, 6.07) is 16.5. The molecule has 2 aromatic rings. The molecule has 4 rings (SSSR count). The van der Waals surface area contributed by atoms with E-state index in [4.69, 9.17) is 0 Å². The second kappa shape index (κ2) is 8.45. The van der Waals surface area contributed by atoms with Gasteiger partial charge in [0.05, 0.1) is 6.04 Å². The third-order valence-corrected chi connectivity index (χ3v) is 8.41. The van der Waals surface area contributed by atoms with E-state index in [9.17, 15) is 0 Å². The Morgan fingerprint density at radius 2 is 1.69 bits per heavy atom. The van der Waals surface area contributed by atoms with Crippen LogP contribution >= 0.6 is 11.8 Å². The van der Waals surface area contributed by atoms with Gasteiger partial charge in [-0.15, -0.1) is 11.8 Å². The van der Waals surface area contributed by atoms with Crippen molar-refractivity contribution in [3.8, 4) is 11.1 Å². The van der Waals surface area contributed by atoms with Gasteiger partial charge in [-0.2, -0.15) is 0 Å². The molecule has 0 spiro atoms. The molecule has 0 saturated carbocycles. The molecule has 2 aromatic carbocycles. The number of fused-ring (bicyclic) bond motifs is 3. The number of thioether (sulfide) groups is 1. The zero-order valence-electron chi connectivity index (χ0n) is 21.1. The molecule has 2 unspecified atom stereocenters. The maximum absolute atomic E-state index is 2.72. The lowest BCUT2D eigenvalue weighted by atomic mass is 9.66. The summed E-state index contributed by atoms with van der Waals surface area (Å²) < 4.78 is 0. The second-order valence-electron chi connectivity index (χ2n) is 10.9. The van der Waals surface area contributed by atoms with E-state index in [1.807, 2.05) is 11.8 Å². The molecular weight excluding hydrogens is 406 g/mol. The molecule has 2 heterocycles. The maximum Gasteiger partial charge on any atom is 0.0858 e. The third-order valence-electron chi connectivity index (χ3n) is 7.60. The van der Waals surface area contributed by atoms with E-state index >= 15 is 0 Å². The van der Waals surface area contributed by atoms with Gasteiger partial charge in [-0.25, -0.2) is 0 Å². The lowest BCUT2D eigenvalue weighted by Gasteiger charge is -2.54. The van der Waals surface area contributed by atoms with Gasteiger partial charge >= 0.3 is 0 Å². The van der Waals surface area contributed by atoms with Gasteiger partial charge in [-0.3, -0.25) is 0 Å². The van der Waals surface area contributed by atoms with Gasteiger partial charge in [0, 0.05) is 22.6 Å². The first-order valence-corrected chi connectivity index (χ1v) is 13.3. The normalized spacial score (nSPS) is 22.1. The lowest BCUT2D eigenvalue weighted by molar-refractivity contribution is 0.126. The van der Waals surface area contributed by atoms with Crippen molar-refractivity contribution in [2.75, 3.05) is 6.26 Å². The van der Waals surface area contributed by atoms with Gasteiger partial charge in [0.1, 0.15) is 0 Å². The number of benzene rings is 2. The molecule has 2 atom stereocenters. The Hall–Kier alpha value is -1.93. The van der Waals surface area contributed by atoms with Crippen LogP contribution in [0.4, 0.5) is 0 Å². The summed E-state index contributed by atoms with van der Waals surface area (Å²) in [6.45, 7) is 16.6. The van der Waals surface area contributed by atoms with Gasteiger partial charge in [-0.1, -0.05) is 90.9 Å². The fourth-order valence-corrected chi connectivity index (χ4v) is 6.58. The van der Waals surface area contributed by atoms with E-state index in [0.717, 1.165) is 12.8 Å². The van der Waals surface area contributed by atoms with Gasteiger partial charge in [0.2, 0.25) is 0 Å².